The molecule has 1 N–H and O–H groups in total. The number of aromatic nitrogens is 3. The first-order chi connectivity index (χ1) is 12.9. The van der Waals surface area contributed by atoms with Gasteiger partial charge in [-0.2, -0.15) is 0 Å². The van der Waals surface area contributed by atoms with E-state index in [1.807, 2.05) is 36.4 Å². The maximum absolute atomic E-state index is 12.5. The van der Waals surface area contributed by atoms with Gasteiger partial charge in [0.1, 0.15) is 5.82 Å². The molecule has 0 unspecified atom stereocenters. The molecule has 1 amide bonds. The van der Waals surface area contributed by atoms with Crippen LogP contribution in [0, 0.1) is 0 Å². The summed E-state index contributed by atoms with van der Waals surface area (Å²) in [6.45, 7) is 8.55. The van der Waals surface area contributed by atoms with Crippen molar-refractivity contribution in [1.29, 1.82) is 0 Å². The van der Waals surface area contributed by atoms with Crippen LogP contribution in [-0.4, -0.2) is 33.6 Å². The number of fused-ring (bicyclic) bond motifs is 1. The molecule has 0 spiro atoms. The Bertz CT molecular complexity index is 962. The van der Waals surface area contributed by atoms with E-state index in [1.54, 1.807) is 10.7 Å². The van der Waals surface area contributed by atoms with E-state index in [0.29, 0.717) is 11.4 Å². The average Bonchev–Trinajstić information content (AvgIpc) is 3.29. The Morgan fingerprint density at radius 1 is 1.04 bits per heavy atom. The van der Waals surface area contributed by atoms with E-state index < -0.39 is 0 Å². The fourth-order valence-corrected chi connectivity index (χ4v) is 3.36. The van der Waals surface area contributed by atoms with Gasteiger partial charge in [0.05, 0.1) is 6.20 Å². The molecule has 0 radical (unpaired) electrons. The largest absolute Gasteiger partial charge is 0.355 e. The number of carbonyl (C=O) groups is 1. The number of benzene rings is 1. The lowest BCUT2D eigenvalue weighted by Gasteiger charge is -2.18. The highest BCUT2D eigenvalue weighted by molar-refractivity contribution is 6.03. The summed E-state index contributed by atoms with van der Waals surface area (Å²) in [7, 11) is 0. The molecular formula is C21H25N5O. The fraction of sp³-hybridized carbons (Fsp3) is 0.381. The Balaban J connectivity index is 1.51. The van der Waals surface area contributed by atoms with Gasteiger partial charge in [0.25, 0.3) is 5.91 Å². The van der Waals surface area contributed by atoms with Crippen LogP contribution in [0.5, 0.6) is 0 Å². The number of imidazole rings is 1. The SMILES string of the molecule is CC(C)(C)c1ccc(C(=O)Nc2cn3nc(N4CCCC4)ccc3n2)cc1. The summed E-state index contributed by atoms with van der Waals surface area (Å²) in [6, 6.07) is 11.6. The fourth-order valence-electron chi connectivity index (χ4n) is 3.36. The predicted octanol–water partition coefficient (Wildman–Crippen LogP) is 3.88. The van der Waals surface area contributed by atoms with Crippen molar-refractivity contribution in [2.45, 2.75) is 39.0 Å². The van der Waals surface area contributed by atoms with Crippen LogP contribution in [0.15, 0.2) is 42.6 Å². The highest BCUT2D eigenvalue weighted by atomic mass is 16.1. The normalized spacial score (nSPS) is 14.7. The Hall–Kier alpha value is -2.89. The third kappa shape index (κ3) is 3.65. The van der Waals surface area contributed by atoms with Gasteiger partial charge >= 0.3 is 0 Å². The molecule has 27 heavy (non-hydrogen) atoms. The molecule has 0 atom stereocenters. The van der Waals surface area contributed by atoms with Gasteiger partial charge in [0.15, 0.2) is 11.5 Å². The summed E-state index contributed by atoms with van der Waals surface area (Å²) >= 11 is 0. The quantitative estimate of drug-likeness (QED) is 0.767. The minimum absolute atomic E-state index is 0.0648. The monoisotopic (exact) mass is 363 g/mol. The molecule has 0 saturated carbocycles. The smallest absolute Gasteiger partial charge is 0.256 e. The molecule has 1 aromatic carbocycles. The molecule has 2 aromatic heterocycles. The Kier molecular flexibility index (Phi) is 4.34. The van der Waals surface area contributed by atoms with Crippen molar-refractivity contribution in [2.24, 2.45) is 0 Å². The van der Waals surface area contributed by atoms with Crippen molar-refractivity contribution < 1.29 is 4.79 Å². The van der Waals surface area contributed by atoms with Crippen LogP contribution < -0.4 is 10.2 Å². The number of nitrogens with one attached hydrogen (secondary N) is 1. The van der Waals surface area contributed by atoms with Gasteiger partial charge in [-0.1, -0.05) is 32.9 Å². The van der Waals surface area contributed by atoms with E-state index in [-0.39, 0.29) is 11.3 Å². The summed E-state index contributed by atoms with van der Waals surface area (Å²) < 4.78 is 1.73. The number of nitrogens with zero attached hydrogens (tertiary/aromatic N) is 4. The van der Waals surface area contributed by atoms with Gasteiger partial charge in [-0.05, 0) is 48.1 Å². The van der Waals surface area contributed by atoms with Crippen LogP contribution in [0.2, 0.25) is 0 Å². The summed E-state index contributed by atoms with van der Waals surface area (Å²) in [5, 5.41) is 7.50. The van der Waals surface area contributed by atoms with Crippen molar-refractivity contribution in [2.75, 3.05) is 23.3 Å². The molecule has 6 heteroatoms. The highest BCUT2D eigenvalue weighted by Gasteiger charge is 2.16. The minimum atomic E-state index is -0.168. The first-order valence-corrected chi connectivity index (χ1v) is 9.43. The van der Waals surface area contributed by atoms with Crippen LogP contribution in [0.25, 0.3) is 5.65 Å². The molecule has 1 aliphatic rings. The molecule has 3 heterocycles. The molecule has 0 aliphatic carbocycles. The standard InChI is InChI=1S/C21H25N5O/c1-21(2,3)16-8-6-15(7-9-16)20(27)23-17-14-26-18(22-17)10-11-19(24-26)25-12-4-5-13-25/h6-11,14H,4-5,12-13H2,1-3H3,(H,23,27). The number of carbonyl (C=O) groups excluding carboxylic acids is 1. The zero-order valence-corrected chi connectivity index (χ0v) is 16.1. The van der Waals surface area contributed by atoms with Gasteiger partial charge in [-0.15, -0.1) is 5.10 Å². The van der Waals surface area contributed by atoms with Gasteiger partial charge in [0, 0.05) is 18.7 Å². The molecule has 6 nitrogen and oxygen atoms in total. The lowest BCUT2D eigenvalue weighted by Crippen LogP contribution is -2.19. The van der Waals surface area contributed by atoms with Crippen LogP contribution >= 0.6 is 0 Å². The van der Waals surface area contributed by atoms with E-state index in [4.69, 9.17) is 0 Å². The maximum Gasteiger partial charge on any atom is 0.256 e. The van der Waals surface area contributed by atoms with E-state index in [1.165, 1.54) is 18.4 Å². The zero-order chi connectivity index (χ0) is 19.0. The highest BCUT2D eigenvalue weighted by Crippen LogP contribution is 2.23. The Labute approximate surface area is 159 Å². The second kappa shape index (κ2) is 6.68. The van der Waals surface area contributed by atoms with E-state index >= 15 is 0 Å². The van der Waals surface area contributed by atoms with Crippen molar-refractivity contribution >= 4 is 23.2 Å². The summed E-state index contributed by atoms with van der Waals surface area (Å²) in [5.74, 6) is 1.29. The molecule has 3 aromatic rings. The van der Waals surface area contributed by atoms with Gasteiger partial charge in [-0.3, -0.25) is 4.79 Å². The summed E-state index contributed by atoms with van der Waals surface area (Å²) in [5.41, 5.74) is 2.60. The molecule has 1 fully saturated rings. The Morgan fingerprint density at radius 2 is 1.74 bits per heavy atom. The number of hydrogen-bond acceptors (Lipinski definition) is 4. The second-order valence-electron chi connectivity index (χ2n) is 8.10. The van der Waals surface area contributed by atoms with Crippen LogP contribution in [0.3, 0.4) is 0 Å². The van der Waals surface area contributed by atoms with Gasteiger partial charge in [-0.25, -0.2) is 9.50 Å². The maximum atomic E-state index is 12.5. The van der Waals surface area contributed by atoms with Crippen LogP contribution in [0.1, 0.15) is 49.5 Å². The minimum Gasteiger partial charge on any atom is -0.355 e. The van der Waals surface area contributed by atoms with Gasteiger partial charge in [0.2, 0.25) is 0 Å². The third-order valence-corrected chi connectivity index (χ3v) is 4.99. The summed E-state index contributed by atoms with van der Waals surface area (Å²) in [4.78, 5) is 19.3. The molecule has 0 bridgehead atoms. The molecule has 4 rings (SSSR count). The van der Waals surface area contributed by atoms with Gasteiger partial charge < -0.3 is 10.2 Å². The lowest BCUT2D eigenvalue weighted by atomic mass is 9.87. The predicted molar refractivity (Wildman–Crippen MR) is 108 cm³/mol. The van der Waals surface area contributed by atoms with Crippen molar-refractivity contribution in [3.05, 3.63) is 53.7 Å². The topological polar surface area (TPSA) is 62.5 Å². The van der Waals surface area contributed by atoms with E-state index in [0.717, 1.165) is 24.6 Å². The third-order valence-electron chi connectivity index (χ3n) is 4.99. The van der Waals surface area contributed by atoms with Crippen LogP contribution in [0.4, 0.5) is 11.6 Å². The Morgan fingerprint density at radius 3 is 2.41 bits per heavy atom. The van der Waals surface area contributed by atoms with Crippen molar-refractivity contribution in [3.8, 4) is 0 Å². The molecule has 1 saturated heterocycles. The lowest BCUT2D eigenvalue weighted by molar-refractivity contribution is 0.102. The first kappa shape index (κ1) is 17.5. The number of hydrogen-bond donors (Lipinski definition) is 1. The van der Waals surface area contributed by atoms with Crippen molar-refractivity contribution in [3.63, 3.8) is 0 Å². The zero-order valence-electron chi connectivity index (χ0n) is 16.1. The summed E-state index contributed by atoms with van der Waals surface area (Å²) in [6.07, 6.45) is 4.17. The van der Waals surface area contributed by atoms with Crippen LogP contribution in [-0.2, 0) is 5.41 Å². The second-order valence-corrected chi connectivity index (χ2v) is 8.10. The molecule has 1 aliphatic heterocycles. The first-order valence-electron chi connectivity index (χ1n) is 9.43. The average molecular weight is 363 g/mol. The van der Waals surface area contributed by atoms with Crippen molar-refractivity contribution in [1.82, 2.24) is 14.6 Å². The number of rotatable bonds is 3. The van der Waals surface area contributed by atoms with E-state index in [2.05, 4.69) is 41.1 Å². The number of anilines is 2. The van der Waals surface area contributed by atoms with E-state index in [9.17, 15) is 4.79 Å². The molecular weight excluding hydrogens is 338 g/mol. The number of amides is 1. The molecule has 140 valence electrons.